The van der Waals surface area contributed by atoms with Crippen LogP contribution in [0.25, 0.3) is 11.5 Å². The van der Waals surface area contributed by atoms with Crippen molar-refractivity contribution in [1.29, 1.82) is 0 Å². The summed E-state index contributed by atoms with van der Waals surface area (Å²) in [5.74, 6) is 1.40. The fraction of sp³-hybridized carbons (Fsp3) is 0.429. The molecule has 1 heterocycles. The molecule has 0 saturated heterocycles. The highest BCUT2D eigenvalue weighted by Crippen LogP contribution is 2.35. The maximum absolute atomic E-state index is 5.23. The van der Waals surface area contributed by atoms with Gasteiger partial charge in [0.1, 0.15) is 0 Å². The Kier molecular flexibility index (Phi) is 2.78. The number of aromatic nitrogens is 2. The Morgan fingerprint density at radius 2 is 2.22 bits per heavy atom. The smallest absolute Gasteiger partial charge is 0.247 e. The van der Waals surface area contributed by atoms with E-state index in [1.807, 2.05) is 6.07 Å². The standard InChI is InChI=1S/C14H17N3O/c1-9-3-4-12(14-17-15-8-18-14)7-13(9)16-10(2)11-5-6-11/h3-4,7-8,10-11,16H,5-6H2,1-2H3. The summed E-state index contributed by atoms with van der Waals surface area (Å²) < 4.78 is 5.23. The summed E-state index contributed by atoms with van der Waals surface area (Å²) in [7, 11) is 0. The van der Waals surface area contributed by atoms with E-state index in [4.69, 9.17) is 4.42 Å². The van der Waals surface area contributed by atoms with Crippen molar-refractivity contribution in [1.82, 2.24) is 10.2 Å². The van der Waals surface area contributed by atoms with Crippen LogP contribution in [0.15, 0.2) is 29.0 Å². The van der Waals surface area contributed by atoms with Gasteiger partial charge in [-0.3, -0.25) is 0 Å². The molecule has 0 amide bonds. The average molecular weight is 243 g/mol. The summed E-state index contributed by atoms with van der Waals surface area (Å²) in [6.07, 6.45) is 4.04. The second-order valence-corrected chi connectivity index (χ2v) is 5.04. The molecular formula is C14H17N3O. The molecule has 4 nitrogen and oxygen atoms in total. The third kappa shape index (κ3) is 2.23. The highest BCUT2D eigenvalue weighted by atomic mass is 16.4. The highest BCUT2D eigenvalue weighted by molar-refractivity contribution is 5.64. The van der Waals surface area contributed by atoms with E-state index in [0.717, 1.165) is 17.2 Å². The van der Waals surface area contributed by atoms with Crippen LogP contribution in [0.1, 0.15) is 25.3 Å². The summed E-state index contributed by atoms with van der Waals surface area (Å²) in [4.78, 5) is 0. The molecule has 0 bridgehead atoms. The first-order chi connectivity index (χ1) is 8.74. The van der Waals surface area contributed by atoms with Crippen LogP contribution in [-0.4, -0.2) is 16.2 Å². The largest absolute Gasteiger partial charge is 0.423 e. The molecule has 0 spiro atoms. The van der Waals surface area contributed by atoms with E-state index in [-0.39, 0.29) is 0 Å². The summed E-state index contributed by atoms with van der Waals surface area (Å²) in [5.41, 5.74) is 3.36. The Balaban J connectivity index is 1.86. The van der Waals surface area contributed by atoms with E-state index in [9.17, 15) is 0 Å². The molecule has 0 radical (unpaired) electrons. The van der Waals surface area contributed by atoms with Gasteiger partial charge in [0.25, 0.3) is 0 Å². The van der Waals surface area contributed by atoms with E-state index in [1.54, 1.807) is 0 Å². The van der Waals surface area contributed by atoms with E-state index < -0.39 is 0 Å². The quantitative estimate of drug-likeness (QED) is 0.895. The van der Waals surface area contributed by atoms with Crippen LogP contribution in [-0.2, 0) is 0 Å². The maximum atomic E-state index is 5.23. The molecule has 1 unspecified atom stereocenters. The Morgan fingerprint density at radius 1 is 1.39 bits per heavy atom. The van der Waals surface area contributed by atoms with Crippen molar-refractivity contribution in [2.75, 3.05) is 5.32 Å². The predicted molar refractivity (Wildman–Crippen MR) is 70.3 cm³/mol. The third-order valence-corrected chi connectivity index (χ3v) is 3.56. The zero-order valence-corrected chi connectivity index (χ0v) is 10.7. The fourth-order valence-corrected chi connectivity index (χ4v) is 2.17. The molecule has 0 aliphatic heterocycles. The van der Waals surface area contributed by atoms with Crippen molar-refractivity contribution in [3.05, 3.63) is 30.2 Å². The summed E-state index contributed by atoms with van der Waals surface area (Å²) in [6, 6.07) is 6.71. The molecule has 1 fully saturated rings. The number of nitrogens with zero attached hydrogens (tertiary/aromatic N) is 2. The molecular weight excluding hydrogens is 226 g/mol. The molecule has 4 heteroatoms. The van der Waals surface area contributed by atoms with Crippen molar-refractivity contribution in [3.63, 3.8) is 0 Å². The predicted octanol–water partition coefficient (Wildman–Crippen LogP) is 3.26. The first-order valence-electron chi connectivity index (χ1n) is 6.38. The second kappa shape index (κ2) is 4.44. The minimum absolute atomic E-state index is 0.529. The molecule has 1 N–H and O–H groups in total. The molecule has 1 aromatic carbocycles. The highest BCUT2D eigenvalue weighted by Gasteiger charge is 2.28. The van der Waals surface area contributed by atoms with Crippen LogP contribution in [0.2, 0.25) is 0 Å². The first-order valence-corrected chi connectivity index (χ1v) is 6.38. The summed E-state index contributed by atoms with van der Waals surface area (Å²) >= 11 is 0. The molecule has 2 aromatic rings. The number of hydrogen-bond donors (Lipinski definition) is 1. The Hall–Kier alpha value is -1.84. The Morgan fingerprint density at radius 3 is 2.89 bits per heavy atom. The van der Waals surface area contributed by atoms with Gasteiger partial charge in [-0.25, -0.2) is 0 Å². The molecule has 94 valence electrons. The lowest BCUT2D eigenvalue weighted by molar-refractivity contribution is 0.568. The van der Waals surface area contributed by atoms with Crippen LogP contribution < -0.4 is 5.32 Å². The van der Waals surface area contributed by atoms with Crippen molar-refractivity contribution >= 4 is 5.69 Å². The monoisotopic (exact) mass is 243 g/mol. The van der Waals surface area contributed by atoms with Crippen LogP contribution >= 0.6 is 0 Å². The SMILES string of the molecule is Cc1ccc(-c2nnco2)cc1NC(C)C1CC1. The fourth-order valence-electron chi connectivity index (χ4n) is 2.17. The molecule has 1 atom stereocenters. The summed E-state index contributed by atoms with van der Waals surface area (Å²) in [5, 5.41) is 11.2. The Bertz CT molecular complexity index is 532. The van der Waals surface area contributed by atoms with Crippen LogP contribution in [0.5, 0.6) is 0 Å². The number of rotatable bonds is 4. The van der Waals surface area contributed by atoms with Crippen molar-refractivity contribution in [2.24, 2.45) is 5.92 Å². The molecule has 3 rings (SSSR count). The Labute approximate surface area is 106 Å². The van der Waals surface area contributed by atoms with Crippen LogP contribution in [0.3, 0.4) is 0 Å². The number of nitrogens with one attached hydrogen (secondary N) is 1. The lowest BCUT2D eigenvalue weighted by Crippen LogP contribution is -2.17. The van der Waals surface area contributed by atoms with Crippen LogP contribution in [0.4, 0.5) is 5.69 Å². The molecule has 1 saturated carbocycles. The van der Waals surface area contributed by atoms with Gasteiger partial charge in [-0.1, -0.05) is 6.07 Å². The van der Waals surface area contributed by atoms with E-state index >= 15 is 0 Å². The number of anilines is 1. The van der Waals surface area contributed by atoms with Crippen molar-refractivity contribution in [3.8, 4) is 11.5 Å². The van der Waals surface area contributed by atoms with Crippen LogP contribution in [0, 0.1) is 12.8 Å². The van der Waals surface area contributed by atoms with Crippen molar-refractivity contribution < 1.29 is 4.42 Å². The van der Waals surface area contributed by atoms with Gasteiger partial charge < -0.3 is 9.73 Å². The lowest BCUT2D eigenvalue weighted by Gasteiger charge is -2.16. The van der Waals surface area contributed by atoms with E-state index in [2.05, 4.69) is 41.5 Å². The average Bonchev–Trinajstić information content (AvgIpc) is 3.08. The van der Waals surface area contributed by atoms with E-state index in [0.29, 0.717) is 11.9 Å². The summed E-state index contributed by atoms with van der Waals surface area (Å²) in [6.45, 7) is 4.36. The van der Waals surface area contributed by atoms with Gasteiger partial charge in [-0.15, -0.1) is 10.2 Å². The van der Waals surface area contributed by atoms with Gasteiger partial charge in [0, 0.05) is 17.3 Å². The number of benzene rings is 1. The zero-order chi connectivity index (χ0) is 12.5. The normalized spacial score (nSPS) is 16.6. The zero-order valence-electron chi connectivity index (χ0n) is 10.7. The minimum Gasteiger partial charge on any atom is -0.423 e. The third-order valence-electron chi connectivity index (χ3n) is 3.56. The number of aryl methyl sites for hydroxylation is 1. The van der Waals surface area contributed by atoms with E-state index in [1.165, 1.54) is 24.8 Å². The van der Waals surface area contributed by atoms with Crippen molar-refractivity contribution in [2.45, 2.75) is 32.7 Å². The van der Waals surface area contributed by atoms with Gasteiger partial charge in [-0.2, -0.15) is 0 Å². The molecule has 18 heavy (non-hydrogen) atoms. The van der Waals surface area contributed by atoms with Gasteiger partial charge in [0.2, 0.25) is 12.3 Å². The van der Waals surface area contributed by atoms with Gasteiger partial charge in [-0.05, 0) is 50.3 Å². The lowest BCUT2D eigenvalue weighted by atomic mass is 10.1. The van der Waals surface area contributed by atoms with Gasteiger partial charge >= 0.3 is 0 Å². The second-order valence-electron chi connectivity index (χ2n) is 5.04. The number of hydrogen-bond acceptors (Lipinski definition) is 4. The topological polar surface area (TPSA) is 51.0 Å². The molecule has 1 aromatic heterocycles. The van der Waals surface area contributed by atoms with Gasteiger partial charge in [0.15, 0.2) is 0 Å². The molecule has 1 aliphatic carbocycles. The first kappa shape index (κ1) is 11.3. The van der Waals surface area contributed by atoms with Gasteiger partial charge in [0.05, 0.1) is 0 Å². The molecule has 1 aliphatic rings. The minimum atomic E-state index is 0.529. The maximum Gasteiger partial charge on any atom is 0.247 e.